The van der Waals surface area contributed by atoms with Gasteiger partial charge in [0.05, 0.1) is 21.2 Å². The zero-order valence-corrected chi connectivity index (χ0v) is 17.2. The lowest BCUT2D eigenvalue weighted by Gasteiger charge is -2.09. The van der Waals surface area contributed by atoms with E-state index in [1.165, 1.54) is 28.8 Å². The van der Waals surface area contributed by atoms with Gasteiger partial charge in [0.1, 0.15) is 17.9 Å². The maximum Gasteiger partial charge on any atom is 0.338 e. The van der Waals surface area contributed by atoms with E-state index in [0.29, 0.717) is 16.4 Å². The number of esters is 1. The number of nitro groups is 1. The van der Waals surface area contributed by atoms with Crippen LogP contribution in [0.5, 0.6) is 0 Å². The number of rotatable bonds is 6. The van der Waals surface area contributed by atoms with Gasteiger partial charge in [0, 0.05) is 24.0 Å². The average molecular weight is 451 g/mol. The van der Waals surface area contributed by atoms with Gasteiger partial charge in [0.25, 0.3) is 11.2 Å². The van der Waals surface area contributed by atoms with Crippen molar-refractivity contribution in [3.05, 3.63) is 110 Å². The van der Waals surface area contributed by atoms with Gasteiger partial charge in [0.2, 0.25) is 0 Å². The molecule has 2 aromatic carbocycles. The molecule has 160 valence electrons. The standard InChI is InChI=1S/C22H15ClN4O5/c23-15-7-9-20-25-17(11-21(28)26(20)12-15)13-32-22(29)14-6-8-18(19(10-14)27(30)31)24-16-4-2-1-3-5-16/h1-12,24H,13H2. The molecule has 0 aliphatic heterocycles. The van der Waals surface area contributed by atoms with Gasteiger partial charge in [-0.15, -0.1) is 0 Å². The van der Waals surface area contributed by atoms with Crippen LogP contribution in [0.2, 0.25) is 5.02 Å². The second kappa shape index (κ2) is 8.86. The molecule has 0 spiro atoms. The molecule has 9 nitrogen and oxygen atoms in total. The predicted molar refractivity (Wildman–Crippen MR) is 118 cm³/mol. The monoisotopic (exact) mass is 450 g/mol. The first-order valence-electron chi connectivity index (χ1n) is 9.36. The topological polar surface area (TPSA) is 116 Å². The number of halogens is 1. The third kappa shape index (κ3) is 4.57. The van der Waals surface area contributed by atoms with Gasteiger partial charge in [-0.1, -0.05) is 29.8 Å². The molecule has 0 amide bonds. The molecule has 32 heavy (non-hydrogen) atoms. The summed E-state index contributed by atoms with van der Waals surface area (Å²) in [6, 6.07) is 17.3. The van der Waals surface area contributed by atoms with E-state index in [-0.39, 0.29) is 34.8 Å². The molecule has 0 bridgehead atoms. The highest BCUT2D eigenvalue weighted by Crippen LogP contribution is 2.29. The number of fused-ring (bicyclic) bond motifs is 1. The Kier molecular flexibility index (Phi) is 5.82. The first-order chi connectivity index (χ1) is 15.4. The van der Waals surface area contributed by atoms with Crippen LogP contribution in [0.25, 0.3) is 5.65 Å². The maximum absolute atomic E-state index is 12.5. The van der Waals surface area contributed by atoms with Crippen LogP contribution in [0.3, 0.4) is 0 Å². The molecular formula is C22H15ClN4O5. The number of nitrogens with one attached hydrogen (secondary N) is 1. The van der Waals surface area contributed by atoms with Crippen molar-refractivity contribution in [3.8, 4) is 0 Å². The number of hydrogen-bond acceptors (Lipinski definition) is 7. The summed E-state index contributed by atoms with van der Waals surface area (Å²) in [6.45, 7) is -0.273. The van der Waals surface area contributed by atoms with E-state index in [9.17, 15) is 19.7 Å². The molecule has 0 saturated carbocycles. The fraction of sp³-hybridized carbons (Fsp3) is 0.0455. The molecule has 0 atom stereocenters. The van der Waals surface area contributed by atoms with Crippen molar-refractivity contribution in [1.29, 1.82) is 0 Å². The minimum atomic E-state index is -0.780. The molecule has 4 aromatic rings. The van der Waals surface area contributed by atoms with Crippen LogP contribution in [0.1, 0.15) is 16.1 Å². The second-order valence-corrected chi connectivity index (χ2v) is 7.15. The van der Waals surface area contributed by atoms with E-state index in [4.69, 9.17) is 16.3 Å². The summed E-state index contributed by atoms with van der Waals surface area (Å²) in [5.41, 5.74) is 0.835. The fourth-order valence-electron chi connectivity index (χ4n) is 3.02. The molecular weight excluding hydrogens is 436 g/mol. The summed E-state index contributed by atoms with van der Waals surface area (Å²) in [5, 5.41) is 14.8. The Hall–Kier alpha value is -4.24. The molecule has 0 radical (unpaired) electrons. The van der Waals surface area contributed by atoms with Gasteiger partial charge in [-0.2, -0.15) is 0 Å². The van der Waals surface area contributed by atoms with Gasteiger partial charge in [-0.3, -0.25) is 19.3 Å². The number of pyridine rings is 1. The van der Waals surface area contributed by atoms with Crippen LogP contribution >= 0.6 is 11.6 Å². The van der Waals surface area contributed by atoms with Crippen LogP contribution in [0.4, 0.5) is 17.1 Å². The third-order valence-electron chi connectivity index (χ3n) is 4.51. The van der Waals surface area contributed by atoms with Gasteiger partial charge in [0.15, 0.2) is 0 Å². The Morgan fingerprint density at radius 2 is 1.91 bits per heavy atom. The minimum Gasteiger partial charge on any atom is -0.456 e. The molecule has 0 aliphatic carbocycles. The van der Waals surface area contributed by atoms with Gasteiger partial charge in [-0.05, 0) is 36.4 Å². The van der Waals surface area contributed by atoms with Crippen molar-refractivity contribution in [1.82, 2.24) is 9.38 Å². The van der Waals surface area contributed by atoms with Crippen molar-refractivity contribution in [2.24, 2.45) is 0 Å². The first-order valence-corrected chi connectivity index (χ1v) is 9.74. The zero-order chi connectivity index (χ0) is 22.7. The van der Waals surface area contributed by atoms with Gasteiger partial charge < -0.3 is 10.1 Å². The minimum absolute atomic E-state index is 0.000366. The van der Waals surface area contributed by atoms with E-state index in [0.717, 1.165) is 6.07 Å². The number of ether oxygens (including phenoxy) is 1. The Morgan fingerprint density at radius 3 is 2.66 bits per heavy atom. The molecule has 2 aromatic heterocycles. The van der Waals surface area contributed by atoms with Crippen molar-refractivity contribution in [2.75, 3.05) is 5.32 Å². The van der Waals surface area contributed by atoms with Crippen molar-refractivity contribution in [2.45, 2.75) is 6.61 Å². The van der Waals surface area contributed by atoms with Crippen LogP contribution in [-0.2, 0) is 11.3 Å². The number of para-hydroxylation sites is 1. The summed E-state index contributed by atoms with van der Waals surface area (Å²) in [6.07, 6.45) is 1.44. The maximum atomic E-state index is 12.5. The molecule has 1 N–H and O–H groups in total. The summed E-state index contributed by atoms with van der Waals surface area (Å²) in [5.74, 6) is -0.780. The Balaban J connectivity index is 1.52. The molecule has 4 rings (SSSR count). The van der Waals surface area contributed by atoms with Crippen molar-refractivity contribution in [3.63, 3.8) is 0 Å². The average Bonchev–Trinajstić information content (AvgIpc) is 2.79. The van der Waals surface area contributed by atoms with E-state index in [1.54, 1.807) is 36.4 Å². The lowest BCUT2D eigenvalue weighted by molar-refractivity contribution is -0.383. The van der Waals surface area contributed by atoms with Crippen LogP contribution < -0.4 is 10.9 Å². The number of nitrogens with zero attached hydrogens (tertiary/aromatic N) is 3. The van der Waals surface area contributed by atoms with E-state index in [2.05, 4.69) is 10.3 Å². The number of anilines is 2. The van der Waals surface area contributed by atoms with Crippen molar-refractivity contribution >= 4 is 40.3 Å². The number of carbonyl (C=O) groups is 1. The second-order valence-electron chi connectivity index (χ2n) is 6.72. The smallest absolute Gasteiger partial charge is 0.338 e. The summed E-state index contributed by atoms with van der Waals surface area (Å²) in [7, 11) is 0. The predicted octanol–water partition coefficient (Wildman–Crippen LogP) is 4.36. The SMILES string of the molecule is O=C(OCc1cc(=O)n2cc(Cl)ccc2n1)c1ccc(Nc2ccccc2)c([N+](=O)[O-])c1. The fourth-order valence-corrected chi connectivity index (χ4v) is 3.18. The Morgan fingerprint density at radius 1 is 1.12 bits per heavy atom. The molecule has 0 saturated heterocycles. The molecule has 0 fully saturated rings. The summed E-state index contributed by atoms with van der Waals surface area (Å²) in [4.78, 5) is 39.9. The Labute approximate surface area is 186 Å². The first kappa shape index (κ1) is 21.0. The highest BCUT2D eigenvalue weighted by atomic mass is 35.5. The highest BCUT2D eigenvalue weighted by Gasteiger charge is 2.19. The van der Waals surface area contributed by atoms with Gasteiger partial charge >= 0.3 is 5.97 Å². The van der Waals surface area contributed by atoms with Crippen LogP contribution in [0.15, 0.2) is 77.7 Å². The van der Waals surface area contributed by atoms with E-state index in [1.807, 2.05) is 6.07 Å². The van der Waals surface area contributed by atoms with Crippen molar-refractivity contribution < 1.29 is 14.5 Å². The molecule has 2 heterocycles. The third-order valence-corrected chi connectivity index (χ3v) is 4.73. The highest BCUT2D eigenvalue weighted by molar-refractivity contribution is 6.30. The van der Waals surface area contributed by atoms with E-state index >= 15 is 0 Å². The lowest BCUT2D eigenvalue weighted by Crippen LogP contribution is -2.16. The largest absolute Gasteiger partial charge is 0.456 e. The number of benzene rings is 2. The normalized spacial score (nSPS) is 10.7. The number of hydrogen-bond donors (Lipinski definition) is 1. The molecule has 10 heteroatoms. The quantitative estimate of drug-likeness (QED) is 0.263. The van der Waals surface area contributed by atoms with Gasteiger partial charge in [-0.25, -0.2) is 9.78 Å². The van der Waals surface area contributed by atoms with Crippen LogP contribution in [-0.4, -0.2) is 20.3 Å². The zero-order valence-electron chi connectivity index (χ0n) is 16.4. The number of carbonyl (C=O) groups excluding carboxylic acids is 1. The molecule has 0 aliphatic rings. The Bertz CT molecular complexity index is 1390. The van der Waals surface area contributed by atoms with E-state index < -0.39 is 10.9 Å². The summed E-state index contributed by atoms with van der Waals surface area (Å²) < 4.78 is 6.49. The number of nitro benzene ring substituents is 1. The molecule has 0 unspecified atom stereocenters. The van der Waals surface area contributed by atoms with Crippen LogP contribution in [0, 0.1) is 10.1 Å². The lowest BCUT2D eigenvalue weighted by atomic mass is 10.1. The summed E-state index contributed by atoms with van der Waals surface area (Å²) >= 11 is 5.88. The number of aromatic nitrogens is 2.